The molecule has 0 saturated carbocycles. The van der Waals surface area contributed by atoms with Gasteiger partial charge in [-0.3, -0.25) is 4.79 Å². The first-order valence-corrected chi connectivity index (χ1v) is 8.98. The Morgan fingerprint density at radius 3 is 2.36 bits per heavy atom. The Bertz CT molecular complexity index is 939. The highest BCUT2D eigenvalue weighted by Gasteiger charge is 2.04. The molecule has 0 aromatic heterocycles. The number of nitrogens with zero attached hydrogens (tertiary/aromatic N) is 1. The maximum atomic E-state index is 11.9. The number of carbonyl (C=O) groups is 1. The summed E-state index contributed by atoms with van der Waals surface area (Å²) in [6, 6.07) is 25.0. The first-order chi connectivity index (χ1) is 13.7. The molecule has 3 aromatic carbocycles. The molecule has 1 N–H and O–H groups in total. The van der Waals surface area contributed by atoms with Crippen LogP contribution in [-0.4, -0.2) is 18.7 Å². The number of hydrogen-bond donors (Lipinski definition) is 1. The zero-order chi connectivity index (χ0) is 19.6. The predicted octanol–water partition coefficient (Wildman–Crippen LogP) is 4.10. The fourth-order valence-corrected chi connectivity index (χ4v) is 2.52. The third-order valence-electron chi connectivity index (χ3n) is 4.00. The minimum Gasteiger partial charge on any atom is -0.488 e. The standard InChI is InChI=1S/C23H22N2O3/c1-18-9-5-7-13-21(18)28-17-23(26)25-24-15-20-12-6-8-14-22(20)27-16-19-10-3-2-4-11-19/h2-15H,16-17H2,1H3,(H,25,26)/b24-15+. The number of rotatable bonds is 8. The average molecular weight is 374 g/mol. The number of benzene rings is 3. The lowest BCUT2D eigenvalue weighted by Gasteiger charge is -2.09. The molecule has 0 aliphatic rings. The molecule has 0 saturated heterocycles. The van der Waals surface area contributed by atoms with E-state index in [2.05, 4.69) is 10.5 Å². The van der Waals surface area contributed by atoms with E-state index in [1.54, 1.807) is 6.21 Å². The van der Waals surface area contributed by atoms with Crippen LogP contribution in [0.4, 0.5) is 0 Å². The highest BCUT2D eigenvalue weighted by Crippen LogP contribution is 2.18. The summed E-state index contributed by atoms with van der Waals surface area (Å²) in [5, 5.41) is 4.01. The predicted molar refractivity (Wildman–Crippen MR) is 110 cm³/mol. The van der Waals surface area contributed by atoms with Gasteiger partial charge in [0.1, 0.15) is 18.1 Å². The number of ether oxygens (including phenoxy) is 2. The van der Waals surface area contributed by atoms with Crippen molar-refractivity contribution in [2.24, 2.45) is 5.10 Å². The van der Waals surface area contributed by atoms with Crippen LogP contribution >= 0.6 is 0 Å². The molecule has 0 unspecified atom stereocenters. The molecule has 3 rings (SSSR count). The summed E-state index contributed by atoms with van der Waals surface area (Å²) >= 11 is 0. The second-order valence-corrected chi connectivity index (χ2v) is 6.16. The third-order valence-corrected chi connectivity index (χ3v) is 4.00. The molecular weight excluding hydrogens is 352 g/mol. The van der Waals surface area contributed by atoms with Crippen LogP contribution < -0.4 is 14.9 Å². The van der Waals surface area contributed by atoms with Gasteiger partial charge in [-0.25, -0.2) is 5.43 Å². The van der Waals surface area contributed by atoms with Gasteiger partial charge in [0, 0.05) is 5.56 Å². The molecule has 0 spiro atoms. The van der Waals surface area contributed by atoms with E-state index in [9.17, 15) is 4.79 Å². The van der Waals surface area contributed by atoms with Gasteiger partial charge < -0.3 is 9.47 Å². The van der Waals surface area contributed by atoms with Crippen molar-refractivity contribution in [3.05, 3.63) is 95.6 Å². The molecule has 0 aliphatic heterocycles. The van der Waals surface area contributed by atoms with E-state index in [1.165, 1.54) is 0 Å². The van der Waals surface area contributed by atoms with Crippen molar-refractivity contribution in [1.82, 2.24) is 5.43 Å². The quantitative estimate of drug-likeness (QED) is 0.477. The Balaban J connectivity index is 1.52. The second-order valence-electron chi connectivity index (χ2n) is 6.16. The normalized spacial score (nSPS) is 10.6. The fraction of sp³-hybridized carbons (Fsp3) is 0.130. The minimum atomic E-state index is -0.331. The topological polar surface area (TPSA) is 59.9 Å². The molecule has 5 nitrogen and oxygen atoms in total. The van der Waals surface area contributed by atoms with Crippen LogP contribution in [0, 0.1) is 6.92 Å². The second kappa shape index (κ2) is 9.92. The molecule has 0 bridgehead atoms. The zero-order valence-electron chi connectivity index (χ0n) is 15.7. The van der Waals surface area contributed by atoms with Crippen molar-refractivity contribution in [2.75, 3.05) is 6.61 Å². The van der Waals surface area contributed by atoms with Crippen LogP contribution in [0.2, 0.25) is 0 Å². The zero-order valence-corrected chi connectivity index (χ0v) is 15.7. The van der Waals surface area contributed by atoms with E-state index in [-0.39, 0.29) is 12.5 Å². The molecule has 1 amide bonds. The summed E-state index contributed by atoms with van der Waals surface area (Å²) in [7, 11) is 0. The molecule has 3 aromatic rings. The van der Waals surface area contributed by atoms with E-state index in [4.69, 9.17) is 9.47 Å². The largest absolute Gasteiger partial charge is 0.488 e. The van der Waals surface area contributed by atoms with Gasteiger partial charge in [-0.15, -0.1) is 0 Å². The fourth-order valence-electron chi connectivity index (χ4n) is 2.52. The number of amides is 1. The molecule has 28 heavy (non-hydrogen) atoms. The van der Waals surface area contributed by atoms with Gasteiger partial charge in [-0.1, -0.05) is 60.7 Å². The number of aryl methyl sites for hydroxylation is 1. The summed E-state index contributed by atoms with van der Waals surface area (Å²) in [6.07, 6.45) is 1.56. The lowest BCUT2D eigenvalue weighted by Crippen LogP contribution is -2.24. The summed E-state index contributed by atoms with van der Waals surface area (Å²) < 4.78 is 11.4. The Morgan fingerprint density at radius 2 is 1.57 bits per heavy atom. The molecule has 0 fully saturated rings. The number of hydrazone groups is 1. The molecule has 5 heteroatoms. The number of carbonyl (C=O) groups excluding carboxylic acids is 1. The van der Waals surface area contributed by atoms with Crippen molar-refractivity contribution in [3.8, 4) is 11.5 Å². The first-order valence-electron chi connectivity index (χ1n) is 8.98. The van der Waals surface area contributed by atoms with Crippen molar-refractivity contribution in [3.63, 3.8) is 0 Å². The molecule has 142 valence electrons. The first kappa shape index (κ1) is 19.2. The monoisotopic (exact) mass is 374 g/mol. The van der Waals surface area contributed by atoms with Gasteiger partial charge in [0.05, 0.1) is 6.21 Å². The summed E-state index contributed by atoms with van der Waals surface area (Å²) in [4.78, 5) is 11.9. The van der Waals surface area contributed by atoms with Gasteiger partial charge in [0.25, 0.3) is 5.91 Å². The maximum Gasteiger partial charge on any atom is 0.277 e. The summed E-state index contributed by atoms with van der Waals surface area (Å²) in [6.45, 7) is 2.29. The maximum absolute atomic E-state index is 11.9. The van der Waals surface area contributed by atoms with Crippen molar-refractivity contribution in [1.29, 1.82) is 0 Å². The van der Waals surface area contributed by atoms with Crippen molar-refractivity contribution in [2.45, 2.75) is 13.5 Å². The van der Waals surface area contributed by atoms with Gasteiger partial charge in [0.2, 0.25) is 0 Å². The Labute approximate surface area is 164 Å². The average Bonchev–Trinajstić information content (AvgIpc) is 2.73. The minimum absolute atomic E-state index is 0.103. The summed E-state index contributed by atoms with van der Waals surface area (Å²) in [5.74, 6) is 1.05. The third kappa shape index (κ3) is 5.71. The van der Waals surface area contributed by atoms with Crippen LogP contribution in [-0.2, 0) is 11.4 Å². The molecule has 0 aliphatic carbocycles. The van der Waals surface area contributed by atoms with Gasteiger partial charge in [0.15, 0.2) is 6.61 Å². The number of nitrogens with one attached hydrogen (secondary N) is 1. The van der Waals surface area contributed by atoms with Crippen LogP contribution in [0.15, 0.2) is 84.0 Å². The lowest BCUT2D eigenvalue weighted by molar-refractivity contribution is -0.123. The van der Waals surface area contributed by atoms with Crippen LogP contribution in [0.1, 0.15) is 16.7 Å². The van der Waals surface area contributed by atoms with E-state index in [1.807, 2.05) is 85.8 Å². The Morgan fingerprint density at radius 1 is 0.893 bits per heavy atom. The Hall–Kier alpha value is -3.60. The number of para-hydroxylation sites is 2. The highest BCUT2D eigenvalue weighted by atomic mass is 16.5. The smallest absolute Gasteiger partial charge is 0.277 e. The van der Waals surface area contributed by atoms with E-state index in [0.717, 1.165) is 16.7 Å². The lowest BCUT2D eigenvalue weighted by atomic mass is 10.2. The van der Waals surface area contributed by atoms with Crippen LogP contribution in [0.5, 0.6) is 11.5 Å². The van der Waals surface area contributed by atoms with Crippen molar-refractivity contribution < 1.29 is 14.3 Å². The van der Waals surface area contributed by atoms with E-state index >= 15 is 0 Å². The van der Waals surface area contributed by atoms with E-state index < -0.39 is 0 Å². The highest BCUT2D eigenvalue weighted by molar-refractivity contribution is 5.85. The molecule has 0 atom stereocenters. The molecule has 0 heterocycles. The molecular formula is C23H22N2O3. The SMILES string of the molecule is Cc1ccccc1OCC(=O)N/N=C/c1ccccc1OCc1ccccc1. The van der Waals surface area contributed by atoms with Crippen LogP contribution in [0.25, 0.3) is 0 Å². The van der Waals surface area contributed by atoms with Crippen molar-refractivity contribution >= 4 is 12.1 Å². The summed E-state index contributed by atoms with van der Waals surface area (Å²) in [5.41, 5.74) is 5.30. The van der Waals surface area contributed by atoms with Gasteiger partial charge in [-0.2, -0.15) is 5.10 Å². The van der Waals surface area contributed by atoms with Gasteiger partial charge in [-0.05, 0) is 36.2 Å². The number of hydrogen-bond acceptors (Lipinski definition) is 4. The Kier molecular flexibility index (Phi) is 6.79. The van der Waals surface area contributed by atoms with Gasteiger partial charge >= 0.3 is 0 Å². The van der Waals surface area contributed by atoms with Crippen LogP contribution in [0.3, 0.4) is 0 Å². The van der Waals surface area contributed by atoms with E-state index in [0.29, 0.717) is 18.1 Å². The molecule has 0 radical (unpaired) electrons.